The first-order chi connectivity index (χ1) is 26.7. The third-order valence-corrected chi connectivity index (χ3v) is 12.9. The van der Waals surface area contributed by atoms with Crippen LogP contribution in [-0.2, 0) is 42.8 Å². The molecule has 294 valence electrons. The molecule has 2 saturated carbocycles. The summed E-state index contributed by atoms with van der Waals surface area (Å²) >= 11 is 0. The molecule has 3 fully saturated rings. The number of cyclic esters (lactones) is 1. The largest absolute Gasteiger partial charge is 0.472 e. The summed E-state index contributed by atoms with van der Waals surface area (Å²) in [6.07, 6.45) is 6.88. The Bertz CT molecular complexity index is 2160. The molecule has 0 amide bonds. The fourth-order valence-corrected chi connectivity index (χ4v) is 10.3. The highest BCUT2D eigenvalue weighted by Gasteiger charge is 2.78. The van der Waals surface area contributed by atoms with Gasteiger partial charge in [-0.3, -0.25) is 0 Å². The molecule has 0 radical (unpaired) electrons. The smallest absolute Gasteiger partial charge is 0.377 e. The zero-order valence-electron chi connectivity index (χ0n) is 31.7. The van der Waals surface area contributed by atoms with Crippen molar-refractivity contribution in [3.63, 3.8) is 0 Å². The monoisotopic (exact) mass is 770 g/mol. The summed E-state index contributed by atoms with van der Waals surface area (Å²) in [6.45, 7) is 8.99. The summed E-state index contributed by atoms with van der Waals surface area (Å²) in [5.41, 5.74) is -1.20. The number of carbonyl (C=O) groups is 5. The van der Waals surface area contributed by atoms with Crippen LogP contribution in [0.2, 0.25) is 0 Å². The lowest BCUT2D eigenvalue weighted by Gasteiger charge is -2.55. The average molecular weight is 771 g/mol. The number of hydrogen-bond donors (Lipinski definition) is 0. The molecule has 3 bridgehead atoms. The fourth-order valence-electron chi connectivity index (χ4n) is 10.3. The van der Waals surface area contributed by atoms with E-state index in [4.69, 9.17) is 41.7 Å². The summed E-state index contributed by atoms with van der Waals surface area (Å²) in [6, 6.07) is 7.62. The topological polar surface area (TPSA) is 180 Å². The third kappa shape index (κ3) is 5.43. The highest BCUT2D eigenvalue weighted by atomic mass is 16.7. The molecule has 3 aromatic rings. The maximum absolute atomic E-state index is 14.1. The van der Waals surface area contributed by atoms with E-state index in [2.05, 4.69) is 0 Å². The van der Waals surface area contributed by atoms with E-state index in [1.807, 2.05) is 20.8 Å². The predicted octanol–water partition coefficient (Wildman–Crippen LogP) is 6.61. The molecule has 8 rings (SSSR count). The Hall–Kier alpha value is -5.63. The first kappa shape index (κ1) is 37.3. The molecule has 14 heteroatoms. The number of furan rings is 3. The van der Waals surface area contributed by atoms with Gasteiger partial charge in [0.15, 0.2) is 6.10 Å². The molecule has 0 aromatic carbocycles. The molecular weight excluding hydrogens is 728 g/mol. The van der Waals surface area contributed by atoms with Gasteiger partial charge in [0.05, 0.1) is 38.3 Å². The van der Waals surface area contributed by atoms with Gasteiger partial charge < -0.3 is 41.7 Å². The van der Waals surface area contributed by atoms with E-state index in [1.165, 1.54) is 62.5 Å². The molecule has 1 saturated heterocycles. The zero-order valence-corrected chi connectivity index (χ0v) is 31.7. The van der Waals surface area contributed by atoms with Crippen molar-refractivity contribution in [2.75, 3.05) is 7.11 Å². The maximum atomic E-state index is 14.1. The van der Waals surface area contributed by atoms with E-state index in [9.17, 15) is 24.0 Å². The Kier molecular flexibility index (Phi) is 8.83. The number of hydrogen-bond acceptors (Lipinski definition) is 14. The van der Waals surface area contributed by atoms with Crippen LogP contribution in [0.1, 0.15) is 86.7 Å². The van der Waals surface area contributed by atoms with Crippen LogP contribution < -0.4 is 0 Å². The van der Waals surface area contributed by atoms with Gasteiger partial charge in [0.1, 0.15) is 6.10 Å². The van der Waals surface area contributed by atoms with Crippen LogP contribution in [-0.4, -0.2) is 61.1 Å². The summed E-state index contributed by atoms with van der Waals surface area (Å²) in [5, 5.41) is 0. The van der Waals surface area contributed by atoms with Gasteiger partial charge >= 0.3 is 29.8 Å². The minimum atomic E-state index is -2.16. The number of rotatable bonds is 9. The summed E-state index contributed by atoms with van der Waals surface area (Å²) in [4.78, 5) is 69.4. The minimum absolute atomic E-state index is 0.145. The number of esters is 5. The van der Waals surface area contributed by atoms with E-state index < -0.39 is 88.1 Å². The van der Waals surface area contributed by atoms with Crippen LogP contribution in [0.3, 0.4) is 0 Å². The van der Waals surface area contributed by atoms with E-state index in [0.29, 0.717) is 29.6 Å². The average Bonchev–Trinajstić information content (AvgIpc) is 4.01. The molecule has 56 heavy (non-hydrogen) atoms. The van der Waals surface area contributed by atoms with Crippen molar-refractivity contribution in [2.45, 2.75) is 84.1 Å². The molecule has 0 N–H and O–H groups in total. The lowest BCUT2D eigenvalue weighted by molar-refractivity contribution is -0.296. The van der Waals surface area contributed by atoms with Crippen molar-refractivity contribution >= 4 is 29.8 Å². The molecule has 14 nitrogen and oxygen atoms in total. The first-order valence-electron chi connectivity index (χ1n) is 18.5. The Morgan fingerprint density at radius 3 is 2.32 bits per heavy atom. The second-order valence-electron chi connectivity index (χ2n) is 15.9. The van der Waals surface area contributed by atoms with Crippen LogP contribution >= 0.6 is 0 Å². The lowest BCUT2D eigenvalue weighted by atomic mass is 9.51. The number of methoxy groups -OCH3 is 1. The Morgan fingerprint density at radius 1 is 0.982 bits per heavy atom. The van der Waals surface area contributed by atoms with Gasteiger partial charge in [-0.05, 0) is 86.6 Å². The molecule has 3 aliphatic heterocycles. The van der Waals surface area contributed by atoms with Gasteiger partial charge in [-0.2, -0.15) is 0 Å². The van der Waals surface area contributed by atoms with Crippen LogP contribution in [0.25, 0.3) is 0 Å². The number of carbonyl (C=O) groups excluding carboxylic acids is 5. The summed E-state index contributed by atoms with van der Waals surface area (Å²) < 4.78 is 53.5. The van der Waals surface area contributed by atoms with E-state index in [-0.39, 0.29) is 23.5 Å². The van der Waals surface area contributed by atoms with Gasteiger partial charge in [0.25, 0.3) is 5.79 Å². The van der Waals surface area contributed by atoms with Gasteiger partial charge in [-0.15, -0.1) is 0 Å². The van der Waals surface area contributed by atoms with Gasteiger partial charge in [-0.25, -0.2) is 24.0 Å². The van der Waals surface area contributed by atoms with E-state index in [0.717, 1.165) is 0 Å². The Labute approximate surface area is 321 Å². The maximum Gasteiger partial charge on any atom is 0.377 e. The number of ether oxygens (including phenoxy) is 6. The quantitative estimate of drug-likeness (QED) is 0.129. The number of fused-ring (bicyclic) bond motifs is 6. The molecule has 2 aliphatic carbocycles. The normalized spacial score (nSPS) is 34.8. The third-order valence-electron chi connectivity index (χ3n) is 12.9. The lowest BCUT2D eigenvalue weighted by Crippen LogP contribution is -2.62. The van der Waals surface area contributed by atoms with E-state index >= 15 is 0 Å². The second-order valence-corrected chi connectivity index (χ2v) is 15.9. The van der Waals surface area contributed by atoms with Gasteiger partial charge in [0, 0.05) is 39.4 Å². The molecule has 0 spiro atoms. The first-order valence-corrected chi connectivity index (χ1v) is 18.5. The van der Waals surface area contributed by atoms with Crippen LogP contribution in [0, 0.1) is 28.1 Å². The molecular formula is C42H42O14. The Balaban J connectivity index is 1.39. The van der Waals surface area contributed by atoms with Gasteiger partial charge in [0.2, 0.25) is 17.6 Å². The van der Waals surface area contributed by atoms with Crippen LogP contribution in [0.4, 0.5) is 0 Å². The zero-order chi connectivity index (χ0) is 39.8. The van der Waals surface area contributed by atoms with Crippen molar-refractivity contribution in [1.29, 1.82) is 0 Å². The predicted molar refractivity (Wildman–Crippen MR) is 190 cm³/mol. The minimum Gasteiger partial charge on any atom is -0.472 e. The molecule has 10 atom stereocenters. The Morgan fingerprint density at radius 2 is 1.70 bits per heavy atom. The molecule has 0 unspecified atom stereocenters. The highest BCUT2D eigenvalue weighted by molar-refractivity contribution is 5.90. The van der Waals surface area contributed by atoms with Gasteiger partial charge in [-0.1, -0.05) is 26.8 Å². The fraction of sp³-hybridized carbons (Fsp3) is 0.452. The van der Waals surface area contributed by atoms with Crippen molar-refractivity contribution in [1.82, 2.24) is 0 Å². The standard InChI is InChI=1S/C42H42O14/c1-7-22(2)34(44)54-38-40(4)20-29-41(5,32(40)31(37(47)48-6)53-35(45)27-10-8-15-50-27)25-12-14-39(3)26(18-30(43)52-33(39)23-13-17-49-21-23)24(25)19-42(38,55-29)56-36(46)28-11-9-16-51-28/h7-11,13,15-19,21,25,29,31-33,38H,12,14,20H2,1-6H3/b22-7+/t25-,29-,31+,32+,33-,38-,39+,40+,41-,42+/m0/s1. The van der Waals surface area contributed by atoms with Crippen LogP contribution in [0.5, 0.6) is 0 Å². The van der Waals surface area contributed by atoms with Crippen molar-refractivity contribution in [2.24, 2.45) is 28.1 Å². The highest BCUT2D eigenvalue weighted by Crippen LogP contribution is 2.73. The SMILES string of the molecule is C/C=C(\C)C(=O)O[C@@H]1[C@]2(OC(=O)c3ccco3)C=C3C4=CC(=O)O[C@@H](c5ccoc5)[C@]4(C)CC[C@@H]3[C@@]3(C)[C@H](C[C@]1(C)[C@H]3[C@@H](OC(=O)c1ccco1)C(=O)OC)O2. The second kappa shape index (κ2) is 13.2. The van der Waals surface area contributed by atoms with E-state index in [1.54, 1.807) is 32.1 Å². The van der Waals surface area contributed by atoms with Crippen molar-refractivity contribution in [3.8, 4) is 0 Å². The van der Waals surface area contributed by atoms with Crippen molar-refractivity contribution < 1.29 is 65.6 Å². The summed E-state index contributed by atoms with van der Waals surface area (Å²) in [5.74, 6) is -8.00. The summed E-state index contributed by atoms with van der Waals surface area (Å²) in [7, 11) is 1.19. The molecule has 5 aliphatic rings. The van der Waals surface area contributed by atoms with Crippen molar-refractivity contribution in [3.05, 3.63) is 107 Å². The molecule has 6 heterocycles. The number of allylic oxidation sites excluding steroid dienone is 2. The molecule has 3 aromatic heterocycles. The van der Waals surface area contributed by atoms with Crippen LogP contribution in [0.15, 0.2) is 104 Å².